The molecule has 0 amide bonds. The monoisotopic (exact) mass is 290 g/mol. The van der Waals surface area contributed by atoms with Gasteiger partial charge >= 0.3 is 0 Å². The maximum atomic E-state index is 9.26. The van der Waals surface area contributed by atoms with E-state index in [0.717, 1.165) is 26.2 Å². The summed E-state index contributed by atoms with van der Waals surface area (Å²) in [6.07, 6.45) is 3.86. The first-order valence-corrected chi connectivity index (χ1v) is 8.33. The van der Waals surface area contributed by atoms with Crippen LogP contribution in [0.3, 0.4) is 0 Å². The first-order chi connectivity index (χ1) is 10.2. The van der Waals surface area contributed by atoms with Crippen LogP contribution in [0, 0.1) is 0 Å². The number of piperidine rings is 1. The summed E-state index contributed by atoms with van der Waals surface area (Å²) in [7, 11) is 0. The second kappa shape index (κ2) is 8.52. The van der Waals surface area contributed by atoms with Crippen LogP contribution in [0.5, 0.6) is 0 Å². The standard InChI is InChI=1S/C18H30N2O/c1-16(2)20(14-17-8-4-3-5-9-17)15-18-10-6-7-11-19(18)12-13-21/h3-5,8-9,16,18,21H,6-7,10-15H2,1-2H3/t18-/m1/s1. The zero-order chi connectivity index (χ0) is 15.1. The molecule has 118 valence electrons. The molecule has 0 radical (unpaired) electrons. The molecule has 21 heavy (non-hydrogen) atoms. The highest BCUT2D eigenvalue weighted by Gasteiger charge is 2.25. The molecule has 1 heterocycles. The molecule has 1 aromatic carbocycles. The summed E-state index contributed by atoms with van der Waals surface area (Å²) in [6, 6.07) is 11.9. The van der Waals surface area contributed by atoms with Crippen molar-refractivity contribution in [2.45, 2.75) is 51.7 Å². The van der Waals surface area contributed by atoms with Crippen LogP contribution < -0.4 is 0 Å². The molecule has 0 saturated carbocycles. The lowest BCUT2D eigenvalue weighted by atomic mass is 10.0. The van der Waals surface area contributed by atoms with Gasteiger partial charge in [0.05, 0.1) is 6.61 Å². The van der Waals surface area contributed by atoms with Gasteiger partial charge in [0.15, 0.2) is 0 Å². The van der Waals surface area contributed by atoms with E-state index in [2.05, 4.69) is 54.0 Å². The van der Waals surface area contributed by atoms with Gasteiger partial charge in [-0.2, -0.15) is 0 Å². The Morgan fingerprint density at radius 1 is 1.24 bits per heavy atom. The van der Waals surface area contributed by atoms with Crippen molar-refractivity contribution >= 4 is 0 Å². The van der Waals surface area contributed by atoms with Gasteiger partial charge in [-0.15, -0.1) is 0 Å². The first kappa shape index (κ1) is 16.5. The summed E-state index contributed by atoms with van der Waals surface area (Å²) >= 11 is 0. The minimum atomic E-state index is 0.275. The van der Waals surface area contributed by atoms with Gasteiger partial charge in [-0.05, 0) is 38.8 Å². The molecule has 1 atom stereocenters. The smallest absolute Gasteiger partial charge is 0.0558 e. The molecule has 3 heteroatoms. The van der Waals surface area contributed by atoms with E-state index in [0.29, 0.717) is 12.1 Å². The summed E-state index contributed by atoms with van der Waals surface area (Å²) in [4.78, 5) is 5.04. The molecule has 2 rings (SSSR count). The van der Waals surface area contributed by atoms with E-state index in [4.69, 9.17) is 0 Å². The van der Waals surface area contributed by atoms with Crippen LogP contribution in [-0.4, -0.2) is 53.2 Å². The molecular weight excluding hydrogens is 260 g/mol. The third-order valence-electron chi connectivity index (χ3n) is 4.54. The fourth-order valence-electron chi connectivity index (χ4n) is 3.24. The largest absolute Gasteiger partial charge is 0.395 e. The molecule has 1 aliphatic rings. The Labute approximate surface area is 129 Å². The van der Waals surface area contributed by atoms with Crippen molar-refractivity contribution in [3.63, 3.8) is 0 Å². The number of rotatable bonds is 7. The quantitative estimate of drug-likeness (QED) is 0.836. The molecule has 0 unspecified atom stereocenters. The van der Waals surface area contributed by atoms with E-state index in [1.807, 2.05) is 0 Å². The third-order valence-corrected chi connectivity index (χ3v) is 4.54. The Hall–Kier alpha value is -0.900. The van der Waals surface area contributed by atoms with Gasteiger partial charge in [-0.1, -0.05) is 36.8 Å². The molecule has 0 spiro atoms. The molecule has 1 saturated heterocycles. The lowest BCUT2D eigenvalue weighted by Crippen LogP contribution is -2.49. The summed E-state index contributed by atoms with van der Waals surface area (Å²) in [5.74, 6) is 0. The maximum Gasteiger partial charge on any atom is 0.0558 e. The van der Waals surface area contributed by atoms with Crippen molar-refractivity contribution in [1.82, 2.24) is 9.80 Å². The second-order valence-electron chi connectivity index (χ2n) is 6.42. The molecule has 0 bridgehead atoms. The van der Waals surface area contributed by atoms with Crippen molar-refractivity contribution < 1.29 is 5.11 Å². The number of aliphatic hydroxyl groups excluding tert-OH is 1. The van der Waals surface area contributed by atoms with Crippen molar-refractivity contribution in [3.05, 3.63) is 35.9 Å². The topological polar surface area (TPSA) is 26.7 Å². The normalized spacial score (nSPS) is 20.3. The van der Waals surface area contributed by atoms with Gasteiger partial charge in [0.1, 0.15) is 0 Å². The molecule has 1 aromatic rings. The number of β-amino-alcohol motifs (C(OH)–C–C–N with tert-alkyl or cyclic N) is 1. The number of nitrogens with zero attached hydrogens (tertiary/aromatic N) is 2. The van der Waals surface area contributed by atoms with E-state index >= 15 is 0 Å². The predicted molar refractivity (Wildman–Crippen MR) is 88.3 cm³/mol. The lowest BCUT2D eigenvalue weighted by Gasteiger charge is -2.39. The minimum Gasteiger partial charge on any atom is -0.395 e. The van der Waals surface area contributed by atoms with E-state index < -0.39 is 0 Å². The number of hydrogen-bond donors (Lipinski definition) is 1. The van der Waals surface area contributed by atoms with Gasteiger partial charge in [0.2, 0.25) is 0 Å². The highest BCUT2D eigenvalue weighted by atomic mass is 16.3. The molecule has 1 aliphatic heterocycles. The SMILES string of the molecule is CC(C)N(Cc1ccccc1)C[C@H]1CCCCN1CCO. The van der Waals surface area contributed by atoms with E-state index in [-0.39, 0.29) is 6.61 Å². The van der Waals surface area contributed by atoms with Crippen LogP contribution in [0.1, 0.15) is 38.7 Å². The third kappa shape index (κ3) is 5.10. The van der Waals surface area contributed by atoms with Gasteiger partial charge in [0, 0.05) is 31.7 Å². The highest BCUT2D eigenvalue weighted by molar-refractivity contribution is 5.14. The Morgan fingerprint density at radius 2 is 2.00 bits per heavy atom. The Kier molecular flexibility index (Phi) is 6.68. The summed E-state index contributed by atoms with van der Waals surface area (Å²) in [5.41, 5.74) is 1.38. The molecule has 0 aliphatic carbocycles. The number of likely N-dealkylation sites (tertiary alicyclic amines) is 1. The molecule has 1 fully saturated rings. The molecule has 1 N–H and O–H groups in total. The van der Waals surface area contributed by atoms with Crippen LogP contribution in [-0.2, 0) is 6.54 Å². The van der Waals surface area contributed by atoms with Gasteiger partial charge < -0.3 is 5.11 Å². The lowest BCUT2D eigenvalue weighted by molar-refractivity contribution is 0.0725. The zero-order valence-electron chi connectivity index (χ0n) is 13.5. The fraction of sp³-hybridized carbons (Fsp3) is 0.667. The summed E-state index contributed by atoms with van der Waals surface area (Å²) in [6.45, 7) is 8.92. The van der Waals surface area contributed by atoms with E-state index in [9.17, 15) is 5.11 Å². The van der Waals surface area contributed by atoms with Crippen LogP contribution >= 0.6 is 0 Å². The van der Waals surface area contributed by atoms with E-state index in [1.165, 1.54) is 24.8 Å². The minimum absolute atomic E-state index is 0.275. The summed E-state index contributed by atoms with van der Waals surface area (Å²) in [5, 5.41) is 9.26. The Bertz CT molecular complexity index is 391. The highest BCUT2D eigenvalue weighted by Crippen LogP contribution is 2.19. The van der Waals surface area contributed by atoms with Crippen LogP contribution in [0.25, 0.3) is 0 Å². The van der Waals surface area contributed by atoms with Crippen LogP contribution in [0.4, 0.5) is 0 Å². The number of aliphatic hydroxyl groups is 1. The first-order valence-electron chi connectivity index (χ1n) is 8.33. The van der Waals surface area contributed by atoms with Crippen LogP contribution in [0.15, 0.2) is 30.3 Å². The zero-order valence-corrected chi connectivity index (χ0v) is 13.5. The van der Waals surface area contributed by atoms with Gasteiger partial charge in [-0.25, -0.2) is 0 Å². The molecular formula is C18H30N2O. The Morgan fingerprint density at radius 3 is 2.67 bits per heavy atom. The van der Waals surface area contributed by atoms with Crippen molar-refractivity contribution in [2.75, 3.05) is 26.2 Å². The maximum absolute atomic E-state index is 9.26. The molecule has 3 nitrogen and oxygen atoms in total. The summed E-state index contributed by atoms with van der Waals surface area (Å²) < 4.78 is 0. The average Bonchev–Trinajstić information content (AvgIpc) is 2.49. The van der Waals surface area contributed by atoms with Crippen molar-refractivity contribution in [1.29, 1.82) is 0 Å². The number of benzene rings is 1. The average molecular weight is 290 g/mol. The van der Waals surface area contributed by atoms with Crippen LogP contribution in [0.2, 0.25) is 0 Å². The van der Waals surface area contributed by atoms with Crippen molar-refractivity contribution in [3.8, 4) is 0 Å². The van der Waals surface area contributed by atoms with Crippen molar-refractivity contribution in [2.24, 2.45) is 0 Å². The second-order valence-corrected chi connectivity index (χ2v) is 6.42. The molecule has 0 aromatic heterocycles. The van der Waals surface area contributed by atoms with Gasteiger partial charge in [-0.3, -0.25) is 9.80 Å². The number of hydrogen-bond acceptors (Lipinski definition) is 3. The predicted octanol–water partition coefficient (Wildman–Crippen LogP) is 2.74. The van der Waals surface area contributed by atoms with Gasteiger partial charge in [0.25, 0.3) is 0 Å². The fourth-order valence-corrected chi connectivity index (χ4v) is 3.24. The van der Waals surface area contributed by atoms with E-state index in [1.54, 1.807) is 0 Å². The Balaban J connectivity index is 1.97.